The van der Waals surface area contributed by atoms with Crippen molar-refractivity contribution in [2.24, 2.45) is 0 Å². The molecule has 1 aliphatic rings. The molecule has 1 saturated heterocycles. The summed E-state index contributed by atoms with van der Waals surface area (Å²) in [6, 6.07) is 15.7. The van der Waals surface area contributed by atoms with Crippen LogP contribution in [0.2, 0.25) is 0 Å². The van der Waals surface area contributed by atoms with Gasteiger partial charge in [0.15, 0.2) is 0 Å². The molecule has 7 heteroatoms. The molecule has 0 radical (unpaired) electrons. The van der Waals surface area contributed by atoms with Gasteiger partial charge in [-0.2, -0.15) is 0 Å². The summed E-state index contributed by atoms with van der Waals surface area (Å²) in [6.07, 6.45) is 3.14. The van der Waals surface area contributed by atoms with Gasteiger partial charge in [-0.3, -0.25) is 4.79 Å². The second-order valence-electron chi connectivity index (χ2n) is 6.18. The zero-order valence-corrected chi connectivity index (χ0v) is 15.8. The van der Waals surface area contributed by atoms with Gasteiger partial charge < -0.3 is 15.6 Å². The number of nitrogens with zero attached hydrogens (tertiary/aromatic N) is 1. The van der Waals surface area contributed by atoms with E-state index in [1.54, 1.807) is 0 Å². The lowest BCUT2D eigenvalue weighted by atomic mass is 10.0. The van der Waals surface area contributed by atoms with E-state index in [2.05, 4.69) is 20.6 Å². The second kappa shape index (κ2) is 9.03. The quantitative estimate of drug-likeness (QED) is 0.626. The third kappa shape index (κ3) is 4.36. The lowest BCUT2D eigenvalue weighted by molar-refractivity contribution is -0.118. The highest BCUT2D eigenvalue weighted by Gasteiger charge is 2.20. The van der Waals surface area contributed by atoms with E-state index in [1.807, 2.05) is 48.5 Å². The Balaban J connectivity index is 0.00000121. The van der Waals surface area contributed by atoms with Gasteiger partial charge in [-0.25, -0.2) is 4.98 Å². The number of imidazole rings is 1. The molecule has 3 N–H and O–H groups in total. The predicted molar refractivity (Wildman–Crippen MR) is 110 cm³/mol. The number of aromatic amines is 1. The molecule has 0 bridgehead atoms. The van der Waals surface area contributed by atoms with Crippen molar-refractivity contribution < 1.29 is 4.79 Å². The van der Waals surface area contributed by atoms with Crippen LogP contribution in [0, 0.1) is 0 Å². The summed E-state index contributed by atoms with van der Waals surface area (Å²) in [6.45, 7) is 0.914. The van der Waals surface area contributed by atoms with E-state index in [-0.39, 0.29) is 36.8 Å². The van der Waals surface area contributed by atoms with Crippen molar-refractivity contribution in [1.82, 2.24) is 15.3 Å². The Morgan fingerprint density at radius 1 is 1.08 bits per heavy atom. The van der Waals surface area contributed by atoms with E-state index >= 15 is 0 Å². The molecule has 1 aromatic heterocycles. The maximum atomic E-state index is 12.4. The van der Waals surface area contributed by atoms with Crippen LogP contribution in [0.15, 0.2) is 48.5 Å². The Kier molecular flexibility index (Phi) is 7.03. The van der Waals surface area contributed by atoms with Gasteiger partial charge in [0.05, 0.1) is 17.1 Å². The van der Waals surface area contributed by atoms with E-state index in [1.165, 1.54) is 0 Å². The molecule has 1 amide bonds. The third-order valence-corrected chi connectivity index (χ3v) is 4.42. The van der Waals surface area contributed by atoms with Crippen molar-refractivity contribution in [1.29, 1.82) is 0 Å². The Labute approximate surface area is 164 Å². The highest BCUT2D eigenvalue weighted by atomic mass is 35.5. The number of para-hydroxylation sites is 2. The second-order valence-corrected chi connectivity index (χ2v) is 6.18. The molecule has 0 spiro atoms. The number of amides is 1. The van der Waals surface area contributed by atoms with Crippen LogP contribution in [-0.2, 0) is 4.79 Å². The zero-order valence-electron chi connectivity index (χ0n) is 14.2. The van der Waals surface area contributed by atoms with E-state index in [0.29, 0.717) is 0 Å². The number of aromatic nitrogens is 2. The fraction of sp³-hybridized carbons (Fsp3) is 0.263. The smallest absolute Gasteiger partial charge is 0.241 e. The lowest BCUT2D eigenvalue weighted by Gasteiger charge is -2.22. The van der Waals surface area contributed by atoms with Crippen LogP contribution in [0.1, 0.15) is 19.3 Å². The first kappa shape index (κ1) is 20.2. The maximum Gasteiger partial charge on any atom is 0.241 e. The average molecular weight is 393 g/mol. The SMILES string of the molecule is Cl.Cl.O=C(Nc1cccc(-c2nc3ccccc3[nH]2)c1)[C@H]1CCCCN1. The molecule has 4 rings (SSSR count). The molecule has 3 aromatic rings. The topological polar surface area (TPSA) is 69.8 Å². The Bertz CT molecular complexity index is 842. The van der Waals surface area contributed by atoms with Gasteiger partial charge in [0.1, 0.15) is 5.82 Å². The number of nitrogens with one attached hydrogen (secondary N) is 3. The number of H-pyrrole nitrogens is 1. The van der Waals surface area contributed by atoms with Crippen LogP contribution >= 0.6 is 24.8 Å². The average Bonchev–Trinajstić information content (AvgIpc) is 3.07. The fourth-order valence-electron chi connectivity index (χ4n) is 3.14. The van der Waals surface area contributed by atoms with E-state index in [0.717, 1.165) is 53.9 Å². The number of hydrogen-bond acceptors (Lipinski definition) is 3. The van der Waals surface area contributed by atoms with Crippen LogP contribution < -0.4 is 10.6 Å². The van der Waals surface area contributed by atoms with Gasteiger partial charge in [-0.05, 0) is 43.7 Å². The molecule has 2 heterocycles. The third-order valence-electron chi connectivity index (χ3n) is 4.42. The zero-order chi connectivity index (χ0) is 16.4. The first-order valence-corrected chi connectivity index (χ1v) is 8.39. The van der Waals surface area contributed by atoms with Gasteiger partial charge in [-0.15, -0.1) is 24.8 Å². The molecule has 0 unspecified atom stereocenters. The number of carbonyl (C=O) groups excluding carboxylic acids is 1. The van der Waals surface area contributed by atoms with Crippen molar-refractivity contribution in [2.75, 3.05) is 11.9 Å². The number of hydrogen-bond donors (Lipinski definition) is 3. The Morgan fingerprint density at radius 2 is 1.92 bits per heavy atom. The van der Waals surface area contributed by atoms with Gasteiger partial charge in [0, 0.05) is 11.3 Å². The lowest BCUT2D eigenvalue weighted by Crippen LogP contribution is -2.43. The van der Waals surface area contributed by atoms with Crippen LogP contribution in [0.25, 0.3) is 22.4 Å². The summed E-state index contributed by atoms with van der Waals surface area (Å²) in [7, 11) is 0. The minimum Gasteiger partial charge on any atom is -0.338 e. The molecular formula is C19H22Cl2N4O. The number of fused-ring (bicyclic) bond motifs is 1. The minimum absolute atomic E-state index is 0. The molecule has 26 heavy (non-hydrogen) atoms. The van der Waals surface area contributed by atoms with Crippen molar-refractivity contribution in [2.45, 2.75) is 25.3 Å². The summed E-state index contributed by atoms with van der Waals surface area (Å²) >= 11 is 0. The summed E-state index contributed by atoms with van der Waals surface area (Å²) < 4.78 is 0. The summed E-state index contributed by atoms with van der Waals surface area (Å²) in [5, 5.41) is 6.29. The van der Waals surface area contributed by atoms with Crippen LogP contribution in [0.3, 0.4) is 0 Å². The number of piperidine rings is 1. The summed E-state index contributed by atoms with van der Waals surface area (Å²) in [5.41, 5.74) is 3.70. The molecule has 2 aromatic carbocycles. The van der Waals surface area contributed by atoms with E-state index in [4.69, 9.17) is 0 Å². The monoisotopic (exact) mass is 392 g/mol. The summed E-state index contributed by atoms with van der Waals surface area (Å²) in [4.78, 5) is 20.3. The van der Waals surface area contributed by atoms with Crippen molar-refractivity contribution in [3.05, 3.63) is 48.5 Å². The minimum atomic E-state index is -0.0893. The number of halogens is 2. The first-order valence-electron chi connectivity index (χ1n) is 8.39. The van der Waals surface area contributed by atoms with Crippen LogP contribution in [-0.4, -0.2) is 28.5 Å². The molecule has 0 aliphatic carbocycles. The molecule has 5 nitrogen and oxygen atoms in total. The number of anilines is 1. The molecular weight excluding hydrogens is 371 g/mol. The van der Waals surface area contributed by atoms with Crippen molar-refractivity contribution in [3.63, 3.8) is 0 Å². The number of carbonyl (C=O) groups is 1. The predicted octanol–water partition coefficient (Wildman–Crippen LogP) is 4.15. The molecule has 1 atom stereocenters. The van der Waals surface area contributed by atoms with Gasteiger partial charge in [0.2, 0.25) is 5.91 Å². The van der Waals surface area contributed by atoms with Gasteiger partial charge in [-0.1, -0.05) is 30.7 Å². The Hall–Kier alpha value is -2.08. The van der Waals surface area contributed by atoms with Crippen molar-refractivity contribution in [3.8, 4) is 11.4 Å². The van der Waals surface area contributed by atoms with Crippen LogP contribution in [0.4, 0.5) is 5.69 Å². The Morgan fingerprint density at radius 3 is 2.69 bits per heavy atom. The van der Waals surface area contributed by atoms with E-state index < -0.39 is 0 Å². The van der Waals surface area contributed by atoms with Crippen LogP contribution in [0.5, 0.6) is 0 Å². The van der Waals surface area contributed by atoms with E-state index in [9.17, 15) is 4.79 Å². The highest BCUT2D eigenvalue weighted by molar-refractivity contribution is 5.95. The first-order chi connectivity index (χ1) is 11.8. The standard InChI is InChI=1S/C19H20N4O.2ClH/c24-19(17-10-3-4-11-20-17)21-14-7-5-6-13(12-14)18-22-15-8-1-2-9-16(15)23-18;;/h1-2,5-9,12,17,20H,3-4,10-11H2,(H,21,24)(H,22,23);2*1H/t17-;;/m1../s1. The summed E-state index contributed by atoms with van der Waals surface area (Å²) in [5.74, 6) is 0.847. The number of rotatable bonds is 3. The van der Waals surface area contributed by atoms with Gasteiger partial charge >= 0.3 is 0 Å². The molecule has 1 aliphatic heterocycles. The van der Waals surface area contributed by atoms with Gasteiger partial charge in [0.25, 0.3) is 0 Å². The number of benzene rings is 2. The molecule has 0 saturated carbocycles. The highest BCUT2D eigenvalue weighted by Crippen LogP contribution is 2.23. The van der Waals surface area contributed by atoms with Crippen molar-refractivity contribution >= 4 is 47.4 Å². The molecule has 1 fully saturated rings. The normalized spacial score (nSPS) is 16.4. The maximum absolute atomic E-state index is 12.4. The fourth-order valence-corrected chi connectivity index (χ4v) is 3.14. The molecule has 138 valence electrons. The largest absolute Gasteiger partial charge is 0.338 e.